The third kappa shape index (κ3) is 2.17. The van der Waals surface area contributed by atoms with Crippen LogP contribution in [-0.4, -0.2) is 16.5 Å². The molecule has 0 bridgehead atoms. The molecule has 0 radical (unpaired) electrons. The van der Waals surface area contributed by atoms with Crippen LogP contribution < -0.4 is 11.0 Å². The Balaban J connectivity index is 2.03. The average molecular weight is 291 g/mol. The van der Waals surface area contributed by atoms with E-state index < -0.39 is 0 Å². The van der Waals surface area contributed by atoms with Gasteiger partial charge in [-0.3, -0.25) is 0 Å². The number of rotatable bonds is 1. The Hall–Kier alpha value is -2.62. The van der Waals surface area contributed by atoms with Crippen molar-refractivity contribution >= 4 is 16.6 Å². The van der Waals surface area contributed by atoms with Gasteiger partial charge in [0.05, 0.1) is 5.69 Å². The van der Waals surface area contributed by atoms with E-state index >= 15 is 0 Å². The van der Waals surface area contributed by atoms with E-state index in [2.05, 4.69) is 39.6 Å². The van der Waals surface area contributed by atoms with Crippen LogP contribution in [0.2, 0.25) is 0 Å². The quantitative estimate of drug-likeness (QED) is 0.723. The Kier molecular flexibility index (Phi) is 3.15. The van der Waals surface area contributed by atoms with Gasteiger partial charge in [0.2, 0.25) is 0 Å². The maximum Gasteiger partial charge on any atom is 0.347 e. The molecule has 2 heterocycles. The average Bonchev–Trinajstić information content (AvgIpc) is 2.79. The largest absolute Gasteiger partial charge is 0.370 e. The summed E-state index contributed by atoms with van der Waals surface area (Å²) in [6.07, 6.45) is 3.13. The van der Waals surface area contributed by atoms with Crippen molar-refractivity contribution in [3.8, 4) is 11.3 Å². The number of nitrogens with zero attached hydrogens (tertiary/aromatic N) is 1. The topological polar surface area (TPSA) is 57.8 Å². The van der Waals surface area contributed by atoms with E-state index in [9.17, 15) is 4.79 Å². The molecule has 110 valence electrons. The zero-order valence-corrected chi connectivity index (χ0v) is 12.2. The molecule has 1 aliphatic rings. The summed E-state index contributed by atoms with van der Waals surface area (Å²) in [4.78, 5) is 19.1. The van der Waals surface area contributed by atoms with Gasteiger partial charge >= 0.3 is 5.69 Å². The van der Waals surface area contributed by atoms with Gasteiger partial charge in [-0.1, -0.05) is 42.5 Å². The number of nitrogens with one attached hydrogen (secondary N) is 2. The van der Waals surface area contributed by atoms with Gasteiger partial charge in [0.25, 0.3) is 0 Å². The zero-order chi connectivity index (χ0) is 14.9. The molecule has 1 aromatic heterocycles. The SMILES string of the molecule is O=c1nc2c(c(-c3cccc4ccccc34)[nH]1)CCCCN2. The number of H-pyrrole nitrogens is 1. The molecule has 0 spiro atoms. The van der Waals surface area contributed by atoms with Crippen LogP contribution in [0.25, 0.3) is 22.0 Å². The number of benzene rings is 2. The van der Waals surface area contributed by atoms with Gasteiger partial charge in [0.1, 0.15) is 5.82 Å². The highest BCUT2D eigenvalue weighted by Gasteiger charge is 2.17. The Morgan fingerprint density at radius 2 is 1.86 bits per heavy atom. The molecule has 2 N–H and O–H groups in total. The molecule has 4 rings (SSSR count). The number of anilines is 1. The van der Waals surface area contributed by atoms with Crippen LogP contribution in [0.5, 0.6) is 0 Å². The third-order valence-corrected chi connectivity index (χ3v) is 4.24. The van der Waals surface area contributed by atoms with E-state index in [4.69, 9.17) is 0 Å². The minimum Gasteiger partial charge on any atom is -0.370 e. The van der Waals surface area contributed by atoms with Crippen LogP contribution >= 0.6 is 0 Å². The minimum absolute atomic E-state index is 0.295. The molecule has 2 aromatic carbocycles. The first-order valence-corrected chi connectivity index (χ1v) is 7.68. The molecule has 3 aromatic rings. The maximum atomic E-state index is 12.0. The lowest BCUT2D eigenvalue weighted by atomic mass is 9.97. The van der Waals surface area contributed by atoms with Gasteiger partial charge in [-0.15, -0.1) is 0 Å². The van der Waals surface area contributed by atoms with Gasteiger partial charge < -0.3 is 10.3 Å². The van der Waals surface area contributed by atoms with E-state index in [0.29, 0.717) is 0 Å². The summed E-state index contributed by atoms with van der Waals surface area (Å²) < 4.78 is 0. The summed E-state index contributed by atoms with van der Waals surface area (Å²) >= 11 is 0. The molecule has 0 atom stereocenters. The molecule has 0 saturated carbocycles. The van der Waals surface area contributed by atoms with Crippen molar-refractivity contribution in [2.75, 3.05) is 11.9 Å². The maximum absolute atomic E-state index is 12.0. The molecular weight excluding hydrogens is 274 g/mol. The standard InChI is InChI=1S/C18H17N3O/c22-18-20-16(15-9-3-4-11-19-17(15)21-18)14-10-5-7-12-6-1-2-8-13(12)14/h1-2,5-8,10H,3-4,9,11H2,(H2,19,20,21,22). The van der Waals surface area contributed by atoms with Crippen molar-refractivity contribution in [2.24, 2.45) is 0 Å². The lowest BCUT2D eigenvalue weighted by Crippen LogP contribution is -2.17. The smallest absolute Gasteiger partial charge is 0.347 e. The van der Waals surface area contributed by atoms with E-state index in [1.807, 2.05) is 18.2 Å². The fourth-order valence-electron chi connectivity index (χ4n) is 3.19. The third-order valence-electron chi connectivity index (χ3n) is 4.24. The van der Waals surface area contributed by atoms with Crippen molar-refractivity contribution in [3.63, 3.8) is 0 Å². The molecule has 0 unspecified atom stereocenters. The highest BCUT2D eigenvalue weighted by atomic mass is 16.1. The van der Waals surface area contributed by atoms with Gasteiger partial charge in [-0.05, 0) is 30.0 Å². The number of aromatic nitrogens is 2. The molecule has 4 heteroatoms. The predicted molar refractivity (Wildman–Crippen MR) is 89.2 cm³/mol. The molecular formula is C18H17N3O. The van der Waals surface area contributed by atoms with E-state index in [0.717, 1.165) is 53.8 Å². The predicted octanol–water partition coefficient (Wildman–Crippen LogP) is 3.34. The van der Waals surface area contributed by atoms with Gasteiger partial charge in [0.15, 0.2) is 0 Å². The highest BCUT2D eigenvalue weighted by Crippen LogP contribution is 2.32. The highest BCUT2D eigenvalue weighted by molar-refractivity contribution is 5.96. The molecule has 1 aliphatic heterocycles. The molecule has 0 amide bonds. The van der Waals surface area contributed by atoms with E-state index in [1.54, 1.807) is 0 Å². The monoisotopic (exact) mass is 291 g/mol. The molecule has 4 nitrogen and oxygen atoms in total. The Labute approximate surface area is 128 Å². The molecule has 22 heavy (non-hydrogen) atoms. The second-order valence-electron chi connectivity index (χ2n) is 5.65. The fourth-order valence-corrected chi connectivity index (χ4v) is 3.19. The molecule has 0 aliphatic carbocycles. The van der Waals surface area contributed by atoms with Crippen molar-refractivity contribution in [2.45, 2.75) is 19.3 Å². The lowest BCUT2D eigenvalue weighted by Gasteiger charge is -2.13. The van der Waals surface area contributed by atoms with Crippen molar-refractivity contribution < 1.29 is 0 Å². The number of fused-ring (bicyclic) bond motifs is 2. The van der Waals surface area contributed by atoms with E-state index in [-0.39, 0.29) is 5.69 Å². The Morgan fingerprint density at radius 3 is 2.82 bits per heavy atom. The van der Waals surface area contributed by atoms with Gasteiger partial charge in [-0.25, -0.2) is 4.79 Å². The zero-order valence-electron chi connectivity index (χ0n) is 12.2. The van der Waals surface area contributed by atoms with Crippen LogP contribution in [-0.2, 0) is 6.42 Å². The fraction of sp³-hybridized carbons (Fsp3) is 0.222. The first kappa shape index (κ1) is 13.1. The summed E-state index contributed by atoms with van der Waals surface area (Å²) in [7, 11) is 0. The summed E-state index contributed by atoms with van der Waals surface area (Å²) in [6, 6.07) is 14.4. The van der Waals surface area contributed by atoms with Crippen molar-refractivity contribution in [3.05, 3.63) is 58.5 Å². The second kappa shape index (κ2) is 5.30. The molecule has 0 fully saturated rings. The van der Waals surface area contributed by atoms with E-state index in [1.165, 1.54) is 5.39 Å². The summed E-state index contributed by atoms with van der Waals surface area (Å²) in [5, 5.41) is 5.62. The number of hydrogen-bond acceptors (Lipinski definition) is 3. The number of aromatic amines is 1. The van der Waals surface area contributed by atoms with Gasteiger partial charge in [0, 0.05) is 17.7 Å². The molecule has 0 saturated heterocycles. The Bertz CT molecular complexity index is 893. The first-order chi connectivity index (χ1) is 10.8. The van der Waals surface area contributed by atoms with Gasteiger partial charge in [-0.2, -0.15) is 4.98 Å². The Morgan fingerprint density at radius 1 is 1.00 bits per heavy atom. The first-order valence-electron chi connectivity index (χ1n) is 7.68. The van der Waals surface area contributed by atoms with Crippen molar-refractivity contribution in [1.82, 2.24) is 9.97 Å². The lowest BCUT2D eigenvalue weighted by molar-refractivity contribution is 0.785. The van der Waals surface area contributed by atoms with Crippen LogP contribution in [0, 0.1) is 0 Å². The van der Waals surface area contributed by atoms with Crippen LogP contribution in [0.3, 0.4) is 0 Å². The van der Waals surface area contributed by atoms with Crippen LogP contribution in [0.4, 0.5) is 5.82 Å². The number of hydrogen-bond donors (Lipinski definition) is 2. The normalized spacial score (nSPS) is 14.2. The summed E-state index contributed by atoms with van der Waals surface area (Å²) in [5.41, 5.74) is 2.79. The summed E-state index contributed by atoms with van der Waals surface area (Å²) in [5.74, 6) is 0.740. The summed E-state index contributed by atoms with van der Waals surface area (Å²) in [6.45, 7) is 0.873. The van der Waals surface area contributed by atoms with Crippen LogP contribution in [0.1, 0.15) is 18.4 Å². The van der Waals surface area contributed by atoms with Crippen LogP contribution in [0.15, 0.2) is 47.3 Å². The minimum atomic E-state index is -0.295. The second-order valence-corrected chi connectivity index (χ2v) is 5.65. The van der Waals surface area contributed by atoms with Crippen molar-refractivity contribution in [1.29, 1.82) is 0 Å².